The van der Waals surface area contributed by atoms with E-state index in [2.05, 4.69) is 19.2 Å². The van der Waals surface area contributed by atoms with E-state index >= 15 is 0 Å². The second kappa shape index (κ2) is 6.46. The van der Waals surface area contributed by atoms with Crippen molar-refractivity contribution in [3.63, 3.8) is 0 Å². The van der Waals surface area contributed by atoms with Gasteiger partial charge in [0.25, 0.3) is 0 Å². The van der Waals surface area contributed by atoms with Gasteiger partial charge in [0.2, 0.25) is 0 Å². The SMILES string of the molecule is CC(C)CCCNC1(CO)CCOCC1. The molecule has 1 rings (SSSR count). The Bertz CT molecular complexity index is 165. The zero-order chi connectivity index (χ0) is 11.1. The van der Waals surface area contributed by atoms with Crippen molar-refractivity contribution in [2.75, 3.05) is 26.4 Å². The van der Waals surface area contributed by atoms with Crippen molar-refractivity contribution in [3.05, 3.63) is 0 Å². The first-order valence-corrected chi connectivity index (χ1v) is 6.12. The third-order valence-corrected chi connectivity index (χ3v) is 3.21. The molecule has 1 heterocycles. The van der Waals surface area contributed by atoms with Gasteiger partial charge >= 0.3 is 0 Å². The molecular weight excluding hydrogens is 190 g/mol. The molecule has 1 fully saturated rings. The molecule has 1 aliphatic heterocycles. The minimum atomic E-state index is -0.0603. The Kier molecular flexibility index (Phi) is 5.58. The van der Waals surface area contributed by atoms with Gasteiger partial charge in [-0.3, -0.25) is 0 Å². The van der Waals surface area contributed by atoms with Gasteiger partial charge in [-0.25, -0.2) is 0 Å². The molecule has 0 aliphatic carbocycles. The minimum absolute atomic E-state index is 0.0603. The van der Waals surface area contributed by atoms with E-state index in [0.29, 0.717) is 0 Å². The molecule has 0 aromatic rings. The molecule has 0 amide bonds. The van der Waals surface area contributed by atoms with E-state index in [0.717, 1.165) is 38.5 Å². The molecule has 0 atom stereocenters. The summed E-state index contributed by atoms with van der Waals surface area (Å²) >= 11 is 0. The molecule has 0 radical (unpaired) electrons. The van der Waals surface area contributed by atoms with Gasteiger partial charge in [0, 0.05) is 18.8 Å². The van der Waals surface area contributed by atoms with Crippen LogP contribution in [0.5, 0.6) is 0 Å². The molecule has 0 aromatic heterocycles. The van der Waals surface area contributed by atoms with E-state index < -0.39 is 0 Å². The van der Waals surface area contributed by atoms with E-state index in [1.807, 2.05) is 0 Å². The van der Waals surface area contributed by atoms with Crippen LogP contribution in [0.15, 0.2) is 0 Å². The van der Waals surface area contributed by atoms with Crippen LogP contribution in [0.3, 0.4) is 0 Å². The minimum Gasteiger partial charge on any atom is -0.394 e. The highest BCUT2D eigenvalue weighted by Gasteiger charge is 2.30. The fraction of sp³-hybridized carbons (Fsp3) is 1.00. The summed E-state index contributed by atoms with van der Waals surface area (Å²) in [6, 6.07) is 0. The Labute approximate surface area is 93.2 Å². The van der Waals surface area contributed by atoms with Gasteiger partial charge in [0.15, 0.2) is 0 Å². The molecule has 3 heteroatoms. The number of nitrogens with one attached hydrogen (secondary N) is 1. The van der Waals surface area contributed by atoms with Crippen LogP contribution in [-0.2, 0) is 4.74 Å². The summed E-state index contributed by atoms with van der Waals surface area (Å²) in [6.07, 6.45) is 4.32. The normalized spacial score (nSPS) is 20.8. The highest BCUT2D eigenvalue weighted by Crippen LogP contribution is 2.20. The van der Waals surface area contributed by atoms with Crippen molar-refractivity contribution >= 4 is 0 Å². The van der Waals surface area contributed by atoms with Crippen molar-refractivity contribution in [2.24, 2.45) is 5.92 Å². The fourth-order valence-electron chi connectivity index (χ4n) is 2.02. The predicted molar refractivity (Wildman–Crippen MR) is 61.9 cm³/mol. The molecule has 15 heavy (non-hydrogen) atoms. The summed E-state index contributed by atoms with van der Waals surface area (Å²) in [6.45, 7) is 7.29. The maximum absolute atomic E-state index is 9.43. The van der Waals surface area contributed by atoms with Crippen LogP contribution >= 0.6 is 0 Å². The molecule has 0 unspecified atom stereocenters. The van der Waals surface area contributed by atoms with Crippen LogP contribution < -0.4 is 5.32 Å². The number of ether oxygens (including phenoxy) is 1. The molecule has 3 nitrogen and oxygen atoms in total. The zero-order valence-electron chi connectivity index (χ0n) is 10.1. The first-order chi connectivity index (χ1) is 7.18. The molecule has 1 aliphatic rings. The Balaban J connectivity index is 2.20. The van der Waals surface area contributed by atoms with Gasteiger partial charge in [0.05, 0.1) is 6.61 Å². The second-order valence-corrected chi connectivity index (χ2v) is 5.01. The molecule has 0 spiro atoms. The lowest BCUT2D eigenvalue weighted by atomic mass is 9.91. The summed E-state index contributed by atoms with van der Waals surface area (Å²) < 4.78 is 5.32. The van der Waals surface area contributed by atoms with Crippen LogP contribution in [0.1, 0.15) is 39.5 Å². The maximum atomic E-state index is 9.43. The summed E-state index contributed by atoms with van der Waals surface area (Å²) in [4.78, 5) is 0. The Morgan fingerprint density at radius 1 is 1.33 bits per heavy atom. The van der Waals surface area contributed by atoms with E-state index in [1.54, 1.807) is 0 Å². The number of aliphatic hydroxyl groups is 1. The standard InChI is InChI=1S/C12H25NO2/c1-11(2)4-3-7-13-12(10-14)5-8-15-9-6-12/h11,13-14H,3-10H2,1-2H3. The molecule has 2 N–H and O–H groups in total. The number of hydrogen-bond acceptors (Lipinski definition) is 3. The quantitative estimate of drug-likeness (QED) is 0.661. The van der Waals surface area contributed by atoms with E-state index in [4.69, 9.17) is 4.74 Å². The van der Waals surface area contributed by atoms with Gasteiger partial charge in [0.1, 0.15) is 0 Å². The predicted octanol–water partition coefficient (Wildman–Crippen LogP) is 1.55. The third kappa shape index (κ3) is 4.49. The van der Waals surface area contributed by atoms with Crippen molar-refractivity contribution in [3.8, 4) is 0 Å². The van der Waals surface area contributed by atoms with Crippen LogP contribution in [0.25, 0.3) is 0 Å². The summed E-state index contributed by atoms with van der Waals surface area (Å²) in [5.74, 6) is 0.770. The molecule has 0 saturated carbocycles. The van der Waals surface area contributed by atoms with Crippen LogP contribution in [0, 0.1) is 5.92 Å². The average molecular weight is 215 g/mol. The van der Waals surface area contributed by atoms with Crippen molar-refractivity contribution in [2.45, 2.75) is 45.1 Å². The number of rotatable bonds is 6. The summed E-state index contributed by atoms with van der Waals surface area (Å²) in [5, 5.41) is 12.9. The van der Waals surface area contributed by atoms with Gasteiger partial charge in [-0.1, -0.05) is 13.8 Å². The first kappa shape index (κ1) is 12.9. The van der Waals surface area contributed by atoms with Crippen molar-refractivity contribution in [1.82, 2.24) is 5.32 Å². The lowest BCUT2D eigenvalue weighted by Crippen LogP contribution is -2.52. The zero-order valence-corrected chi connectivity index (χ0v) is 10.1. The van der Waals surface area contributed by atoms with Crippen molar-refractivity contribution < 1.29 is 9.84 Å². The summed E-state index contributed by atoms with van der Waals surface area (Å²) in [5.41, 5.74) is -0.0603. The Morgan fingerprint density at radius 2 is 2.00 bits per heavy atom. The topological polar surface area (TPSA) is 41.5 Å². The van der Waals surface area contributed by atoms with Gasteiger partial charge in [-0.05, 0) is 38.1 Å². The van der Waals surface area contributed by atoms with E-state index in [9.17, 15) is 5.11 Å². The lowest BCUT2D eigenvalue weighted by molar-refractivity contribution is 0.0119. The Hall–Kier alpha value is -0.120. The van der Waals surface area contributed by atoms with E-state index in [1.165, 1.54) is 12.8 Å². The largest absolute Gasteiger partial charge is 0.394 e. The molecule has 0 bridgehead atoms. The summed E-state index contributed by atoms with van der Waals surface area (Å²) in [7, 11) is 0. The van der Waals surface area contributed by atoms with Crippen LogP contribution in [0.4, 0.5) is 0 Å². The van der Waals surface area contributed by atoms with Crippen LogP contribution in [-0.4, -0.2) is 37.0 Å². The van der Waals surface area contributed by atoms with Crippen LogP contribution in [0.2, 0.25) is 0 Å². The monoisotopic (exact) mass is 215 g/mol. The first-order valence-electron chi connectivity index (χ1n) is 6.12. The number of hydrogen-bond donors (Lipinski definition) is 2. The average Bonchev–Trinajstić information content (AvgIpc) is 2.26. The lowest BCUT2D eigenvalue weighted by Gasteiger charge is -2.36. The smallest absolute Gasteiger partial charge is 0.0615 e. The molecule has 1 saturated heterocycles. The fourth-order valence-corrected chi connectivity index (χ4v) is 2.02. The van der Waals surface area contributed by atoms with E-state index in [-0.39, 0.29) is 12.1 Å². The third-order valence-electron chi connectivity index (χ3n) is 3.21. The molecule has 0 aromatic carbocycles. The van der Waals surface area contributed by atoms with Crippen molar-refractivity contribution in [1.29, 1.82) is 0 Å². The Morgan fingerprint density at radius 3 is 2.53 bits per heavy atom. The number of aliphatic hydroxyl groups excluding tert-OH is 1. The molecule has 90 valence electrons. The van der Waals surface area contributed by atoms with Gasteiger partial charge in [-0.2, -0.15) is 0 Å². The van der Waals surface area contributed by atoms with Gasteiger partial charge < -0.3 is 15.2 Å². The highest BCUT2D eigenvalue weighted by molar-refractivity contribution is 4.89. The van der Waals surface area contributed by atoms with Gasteiger partial charge in [-0.15, -0.1) is 0 Å². The highest BCUT2D eigenvalue weighted by atomic mass is 16.5. The maximum Gasteiger partial charge on any atom is 0.0615 e. The molecular formula is C12H25NO2. The second-order valence-electron chi connectivity index (χ2n) is 5.01.